The first-order chi connectivity index (χ1) is 11.3. The Bertz CT molecular complexity index is 664. The lowest BCUT2D eigenvalue weighted by Gasteiger charge is -2.15. The van der Waals surface area contributed by atoms with Crippen LogP contribution in [-0.4, -0.2) is 25.0 Å². The number of carbonyl (C=O) groups excluding carboxylic acids is 1. The van der Waals surface area contributed by atoms with Crippen LogP contribution in [0.2, 0.25) is 0 Å². The summed E-state index contributed by atoms with van der Waals surface area (Å²) in [5.41, 5.74) is 0.583. The van der Waals surface area contributed by atoms with Gasteiger partial charge in [0.25, 0.3) is 0 Å². The molecule has 1 fully saturated rings. The normalized spacial score (nSPS) is 17.0. The maximum absolute atomic E-state index is 12.7. The number of Topliss-reactive ketones (excluding diaryl/α,β-unsaturated/α-hetero) is 1. The number of nitrogens with one attached hydrogen (secondary N) is 1. The van der Waals surface area contributed by atoms with Gasteiger partial charge in [0.05, 0.1) is 18.2 Å². The Hall–Kier alpha value is -2.33. The Morgan fingerprint density at radius 1 is 1.17 bits per heavy atom. The predicted molar refractivity (Wildman–Crippen MR) is 89.5 cm³/mol. The van der Waals surface area contributed by atoms with Gasteiger partial charge in [-0.25, -0.2) is 0 Å². The molecule has 0 saturated carbocycles. The van der Waals surface area contributed by atoms with Crippen LogP contribution in [0.3, 0.4) is 0 Å². The Balaban J connectivity index is 1.88. The summed E-state index contributed by atoms with van der Waals surface area (Å²) in [5.74, 6) is 2.08. The number of hydrogen-bond donors (Lipinski definition) is 1. The van der Waals surface area contributed by atoms with Gasteiger partial charge < -0.3 is 14.8 Å². The van der Waals surface area contributed by atoms with Crippen molar-refractivity contribution < 1.29 is 14.3 Å². The molecule has 1 saturated heterocycles. The molecule has 0 spiro atoms. The molecule has 1 atom stereocenters. The number of rotatable bonds is 6. The SMILES string of the molecule is CCOc1ccc(Oc2ccccc2)cc1C(=O)C1CCCN1. The Labute approximate surface area is 136 Å². The molecule has 1 aliphatic heterocycles. The van der Waals surface area contributed by atoms with E-state index < -0.39 is 0 Å². The standard InChI is InChI=1S/C19H21NO3/c1-2-22-18-11-10-15(23-14-7-4-3-5-8-14)13-16(18)19(21)17-9-6-12-20-17/h3-5,7-8,10-11,13,17,20H,2,6,9,12H2,1H3. The van der Waals surface area contributed by atoms with Gasteiger partial charge in [-0.3, -0.25) is 4.79 Å². The van der Waals surface area contributed by atoms with Gasteiger partial charge in [0.15, 0.2) is 5.78 Å². The molecule has 1 unspecified atom stereocenters. The van der Waals surface area contributed by atoms with Crippen LogP contribution in [0.4, 0.5) is 0 Å². The molecule has 0 radical (unpaired) electrons. The minimum Gasteiger partial charge on any atom is -0.493 e. The summed E-state index contributed by atoms with van der Waals surface area (Å²) in [6.45, 7) is 3.33. The van der Waals surface area contributed by atoms with E-state index >= 15 is 0 Å². The van der Waals surface area contributed by atoms with Crippen LogP contribution in [0.5, 0.6) is 17.2 Å². The molecule has 23 heavy (non-hydrogen) atoms. The van der Waals surface area contributed by atoms with E-state index in [1.165, 1.54) is 0 Å². The van der Waals surface area contributed by atoms with Crippen molar-refractivity contribution >= 4 is 5.78 Å². The molecule has 1 N–H and O–H groups in total. The molecule has 2 aromatic carbocycles. The Kier molecular flexibility index (Phi) is 4.93. The van der Waals surface area contributed by atoms with Gasteiger partial charge in [0.1, 0.15) is 17.2 Å². The molecule has 0 amide bonds. The maximum Gasteiger partial charge on any atom is 0.183 e. The smallest absolute Gasteiger partial charge is 0.183 e. The highest BCUT2D eigenvalue weighted by atomic mass is 16.5. The van der Waals surface area contributed by atoms with E-state index in [0.29, 0.717) is 23.7 Å². The Morgan fingerprint density at radius 2 is 2.00 bits per heavy atom. The molecule has 120 valence electrons. The highest BCUT2D eigenvalue weighted by Crippen LogP contribution is 2.29. The number of para-hydroxylation sites is 1. The van der Waals surface area contributed by atoms with Gasteiger partial charge >= 0.3 is 0 Å². The average molecular weight is 311 g/mol. The molecule has 1 heterocycles. The monoisotopic (exact) mass is 311 g/mol. The van der Waals surface area contributed by atoms with E-state index in [-0.39, 0.29) is 11.8 Å². The zero-order valence-electron chi connectivity index (χ0n) is 13.2. The molecule has 2 aromatic rings. The number of hydrogen-bond acceptors (Lipinski definition) is 4. The van der Waals surface area contributed by atoms with E-state index in [1.54, 1.807) is 6.07 Å². The Morgan fingerprint density at radius 3 is 2.70 bits per heavy atom. The fraction of sp³-hybridized carbons (Fsp3) is 0.316. The molecule has 3 rings (SSSR count). The lowest BCUT2D eigenvalue weighted by atomic mass is 10.0. The number of carbonyl (C=O) groups is 1. The predicted octanol–water partition coefficient (Wildman–Crippen LogP) is 3.81. The highest BCUT2D eigenvalue weighted by Gasteiger charge is 2.26. The summed E-state index contributed by atoms with van der Waals surface area (Å²) < 4.78 is 11.5. The van der Waals surface area contributed by atoms with Crippen molar-refractivity contribution in [2.24, 2.45) is 0 Å². The molecule has 1 aliphatic rings. The van der Waals surface area contributed by atoms with Crippen LogP contribution < -0.4 is 14.8 Å². The molecular weight excluding hydrogens is 290 g/mol. The van der Waals surface area contributed by atoms with Crippen LogP contribution >= 0.6 is 0 Å². The third-order valence-electron chi connectivity index (χ3n) is 3.87. The van der Waals surface area contributed by atoms with Crippen LogP contribution in [0, 0.1) is 0 Å². The fourth-order valence-corrected chi connectivity index (χ4v) is 2.77. The second-order valence-electron chi connectivity index (χ2n) is 5.52. The number of ketones is 1. The lowest BCUT2D eigenvalue weighted by molar-refractivity contribution is 0.0948. The lowest BCUT2D eigenvalue weighted by Crippen LogP contribution is -2.31. The third-order valence-corrected chi connectivity index (χ3v) is 3.87. The quantitative estimate of drug-likeness (QED) is 0.824. The third kappa shape index (κ3) is 3.71. The van der Waals surface area contributed by atoms with Gasteiger partial charge in [0.2, 0.25) is 0 Å². The zero-order chi connectivity index (χ0) is 16.1. The van der Waals surface area contributed by atoms with E-state index in [9.17, 15) is 4.79 Å². The van der Waals surface area contributed by atoms with Gasteiger partial charge in [0, 0.05) is 0 Å². The van der Waals surface area contributed by atoms with Crippen LogP contribution in [-0.2, 0) is 0 Å². The van der Waals surface area contributed by atoms with Crippen molar-refractivity contribution in [3.05, 3.63) is 54.1 Å². The van der Waals surface area contributed by atoms with Crippen molar-refractivity contribution in [2.45, 2.75) is 25.8 Å². The summed E-state index contributed by atoms with van der Waals surface area (Å²) >= 11 is 0. The molecular formula is C19H21NO3. The first-order valence-electron chi connectivity index (χ1n) is 8.05. The second kappa shape index (κ2) is 7.29. The number of benzene rings is 2. The van der Waals surface area contributed by atoms with E-state index in [2.05, 4.69) is 5.32 Å². The largest absolute Gasteiger partial charge is 0.493 e. The zero-order valence-corrected chi connectivity index (χ0v) is 13.2. The van der Waals surface area contributed by atoms with Gasteiger partial charge in [-0.1, -0.05) is 18.2 Å². The molecule has 0 aliphatic carbocycles. The second-order valence-corrected chi connectivity index (χ2v) is 5.52. The van der Waals surface area contributed by atoms with Crippen LogP contribution in [0.25, 0.3) is 0 Å². The van der Waals surface area contributed by atoms with Crippen molar-refractivity contribution in [3.8, 4) is 17.2 Å². The number of ether oxygens (including phenoxy) is 2. The van der Waals surface area contributed by atoms with Gasteiger partial charge in [-0.05, 0) is 56.6 Å². The summed E-state index contributed by atoms with van der Waals surface area (Å²) in [5, 5.41) is 3.25. The van der Waals surface area contributed by atoms with Crippen LogP contribution in [0.1, 0.15) is 30.1 Å². The highest BCUT2D eigenvalue weighted by molar-refractivity contribution is 6.03. The summed E-state index contributed by atoms with van der Waals surface area (Å²) in [6, 6.07) is 14.8. The fourth-order valence-electron chi connectivity index (χ4n) is 2.77. The van der Waals surface area contributed by atoms with Crippen LogP contribution in [0.15, 0.2) is 48.5 Å². The van der Waals surface area contributed by atoms with Crippen molar-refractivity contribution in [1.29, 1.82) is 0 Å². The average Bonchev–Trinajstić information content (AvgIpc) is 3.11. The molecule has 4 heteroatoms. The minimum absolute atomic E-state index is 0.0736. The van der Waals surface area contributed by atoms with Gasteiger partial charge in [-0.15, -0.1) is 0 Å². The molecule has 0 bridgehead atoms. The van der Waals surface area contributed by atoms with E-state index in [1.807, 2.05) is 49.4 Å². The first-order valence-corrected chi connectivity index (χ1v) is 8.05. The summed E-state index contributed by atoms with van der Waals surface area (Å²) in [6.07, 6.45) is 1.90. The minimum atomic E-state index is -0.124. The topological polar surface area (TPSA) is 47.6 Å². The van der Waals surface area contributed by atoms with Crippen molar-refractivity contribution in [2.75, 3.05) is 13.2 Å². The molecule has 4 nitrogen and oxygen atoms in total. The van der Waals surface area contributed by atoms with E-state index in [4.69, 9.17) is 9.47 Å². The molecule has 0 aromatic heterocycles. The summed E-state index contributed by atoms with van der Waals surface area (Å²) in [4.78, 5) is 12.7. The summed E-state index contributed by atoms with van der Waals surface area (Å²) in [7, 11) is 0. The van der Waals surface area contributed by atoms with E-state index in [0.717, 1.165) is 25.1 Å². The van der Waals surface area contributed by atoms with Gasteiger partial charge in [-0.2, -0.15) is 0 Å². The van der Waals surface area contributed by atoms with Crippen molar-refractivity contribution in [3.63, 3.8) is 0 Å². The van der Waals surface area contributed by atoms with Crippen molar-refractivity contribution in [1.82, 2.24) is 5.32 Å². The maximum atomic E-state index is 12.7. The first kappa shape index (κ1) is 15.6.